The summed E-state index contributed by atoms with van der Waals surface area (Å²) in [5.74, 6) is 0.171. The zero-order valence-corrected chi connectivity index (χ0v) is 23.9. The maximum absolute atomic E-state index is 16.1. The van der Waals surface area contributed by atoms with Crippen LogP contribution >= 0.6 is 7.75 Å². The van der Waals surface area contributed by atoms with Gasteiger partial charge in [-0.1, -0.05) is 18.2 Å². The number of rotatable bonds is 10. The number of imidazole rings is 1. The third-order valence-electron chi connectivity index (χ3n) is 7.25. The molecule has 2 aromatic heterocycles. The summed E-state index contributed by atoms with van der Waals surface area (Å²) in [6.45, 7) is 3.79. The number of anilines is 1. The number of aliphatic hydroxyl groups excluding tert-OH is 1. The van der Waals surface area contributed by atoms with Crippen LogP contribution in [0.3, 0.4) is 0 Å². The molecular weight excluding hydrogens is 558 g/mol. The molecule has 2 fully saturated rings. The zero-order chi connectivity index (χ0) is 29.2. The number of benzene rings is 1. The van der Waals surface area contributed by atoms with Gasteiger partial charge in [-0.15, -0.1) is 0 Å². The molecular formula is C26H34FN6O7P. The highest BCUT2D eigenvalue weighted by molar-refractivity contribution is 7.52. The Bertz CT molecular complexity index is 1400. The highest BCUT2D eigenvalue weighted by Crippen LogP contribution is 2.48. The Balaban J connectivity index is 1.36. The van der Waals surface area contributed by atoms with Crippen molar-refractivity contribution >= 4 is 30.7 Å². The number of hydrogen-bond acceptors (Lipinski definition) is 11. The van der Waals surface area contributed by atoms with Crippen LogP contribution in [-0.4, -0.2) is 81.3 Å². The molecule has 6 atom stereocenters. The maximum Gasteiger partial charge on any atom is 0.459 e. The van der Waals surface area contributed by atoms with Gasteiger partial charge in [-0.2, -0.15) is 5.09 Å². The van der Waals surface area contributed by atoms with E-state index in [4.69, 9.17) is 18.5 Å². The van der Waals surface area contributed by atoms with E-state index in [9.17, 15) is 14.5 Å². The Labute approximate surface area is 236 Å². The van der Waals surface area contributed by atoms with Crippen LogP contribution in [0, 0.1) is 0 Å². The molecule has 2 saturated heterocycles. The molecule has 41 heavy (non-hydrogen) atoms. The van der Waals surface area contributed by atoms with E-state index < -0.39 is 50.5 Å². The first-order chi connectivity index (χ1) is 19.6. The van der Waals surface area contributed by atoms with Crippen LogP contribution in [0.4, 0.5) is 10.2 Å². The van der Waals surface area contributed by atoms with Gasteiger partial charge in [0.1, 0.15) is 30.3 Å². The number of halogens is 1. The molecule has 0 aliphatic carbocycles. The number of piperidine rings is 1. The van der Waals surface area contributed by atoms with Crippen LogP contribution < -0.4 is 14.5 Å². The molecule has 2 N–H and O–H groups in total. The Morgan fingerprint density at radius 1 is 1.24 bits per heavy atom. The standard InChI is InChI=1S/C26H34FN6O7P/c1-17(24(35)37-3)31-41(36,40-18-10-6-4-7-11-18)38-14-19-21(34)26(2,27)25(39-19)33-16-30-20-22(28-15-29-23(20)33)32-12-8-5-9-13-32/h4,6-7,10-11,15-17,19,21,25,34H,5,8-9,12-14H2,1-3H3,(H,31,36)/t17-,19+,21+,25+,26+,41?/m0/s1. The van der Waals surface area contributed by atoms with Crippen LogP contribution in [0.5, 0.6) is 5.75 Å². The molecule has 1 unspecified atom stereocenters. The van der Waals surface area contributed by atoms with Crippen molar-refractivity contribution in [2.75, 3.05) is 31.7 Å². The van der Waals surface area contributed by atoms with Crippen molar-refractivity contribution in [1.82, 2.24) is 24.6 Å². The van der Waals surface area contributed by atoms with Crippen LogP contribution in [-0.2, 0) is 23.4 Å². The van der Waals surface area contributed by atoms with E-state index in [0.717, 1.165) is 32.4 Å². The number of fused-ring (bicyclic) bond motifs is 1. The molecule has 1 aromatic carbocycles. The molecule has 0 amide bonds. The average molecular weight is 593 g/mol. The van der Waals surface area contributed by atoms with E-state index in [-0.39, 0.29) is 5.75 Å². The quantitative estimate of drug-likeness (QED) is 0.263. The van der Waals surface area contributed by atoms with Crippen molar-refractivity contribution in [3.63, 3.8) is 0 Å². The van der Waals surface area contributed by atoms with Crippen molar-refractivity contribution in [2.45, 2.75) is 63.3 Å². The topological polar surface area (TPSA) is 150 Å². The first-order valence-electron chi connectivity index (χ1n) is 13.4. The second-order valence-electron chi connectivity index (χ2n) is 10.3. The van der Waals surface area contributed by atoms with Crippen LogP contribution in [0.15, 0.2) is 43.0 Å². The summed E-state index contributed by atoms with van der Waals surface area (Å²) in [7, 11) is -3.05. The van der Waals surface area contributed by atoms with Crippen LogP contribution in [0.1, 0.15) is 39.3 Å². The van der Waals surface area contributed by atoms with E-state index >= 15 is 4.39 Å². The normalized spacial score (nSPS) is 27.0. The fourth-order valence-electron chi connectivity index (χ4n) is 5.05. The number of nitrogens with one attached hydrogen (secondary N) is 1. The number of ether oxygens (including phenoxy) is 2. The molecule has 2 aliphatic heterocycles. The highest BCUT2D eigenvalue weighted by Gasteiger charge is 2.56. The summed E-state index contributed by atoms with van der Waals surface area (Å²) in [5.41, 5.74) is -1.44. The number of para-hydroxylation sites is 1. The summed E-state index contributed by atoms with van der Waals surface area (Å²) in [4.78, 5) is 27.3. The number of carbonyl (C=O) groups excluding carboxylic acids is 1. The monoisotopic (exact) mass is 592 g/mol. The van der Waals surface area contributed by atoms with Crippen LogP contribution in [0.2, 0.25) is 0 Å². The molecule has 5 rings (SSSR count). The van der Waals surface area contributed by atoms with E-state index in [1.165, 1.54) is 38.2 Å². The van der Waals surface area contributed by atoms with Gasteiger partial charge in [-0.25, -0.2) is 23.9 Å². The molecule has 4 heterocycles. The smallest absolute Gasteiger partial charge is 0.459 e. The summed E-state index contributed by atoms with van der Waals surface area (Å²) in [6, 6.07) is 7.13. The summed E-state index contributed by atoms with van der Waals surface area (Å²) < 4.78 is 53.0. The minimum absolute atomic E-state index is 0.204. The number of carbonyl (C=O) groups is 1. The Morgan fingerprint density at radius 3 is 2.68 bits per heavy atom. The molecule has 13 nitrogen and oxygen atoms in total. The number of esters is 1. The van der Waals surface area contributed by atoms with Crippen molar-refractivity contribution in [1.29, 1.82) is 0 Å². The van der Waals surface area contributed by atoms with E-state index in [1.54, 1.807) is 30.3 Å². The molecule has 0 saturated carbocycles. The van der Waals surface area contributed by atoms with Gasteiger partial charge in [0.25, 0.3) is 0 Å². The summed E-state index contributed by atoms with van der Waals surface area (Å²) >= 11 is 0. The number of alkyl halides is 1. The van der Waals surface area contributed by atoms with E-state index in [2.05, 4.69) is 24.9 Å². The predicted octanol–water partition coefficient (Wildman–Crippen LogP) is 3.16. The average Bonchev–Trinajstić information content (AvgIpc) is 3.50. The summed E-state index contributed by atoms with van der Waals surface area (Å²) in [6.07, 6.45) is 1.80. The minimum atomic E-state index is -4.24. The van der Waals surface area contributed by atoms with Crippen molar-refractivity contribution in [3.05, 3.63) is 43.0 Å². The largest absolute Gasteiger partial charge is 0.468 e. The zero-order valence-electron chi connectivity index (χ0n) is 23.1. The van der Waals surface area contributed by atoms with Gasteiger partial charge in [0.2, 0.25) is 0 Å². The second kappa shape index (κ2) is 12.0. The molecule has 0 radical (unpaired) electrons. The van der Waals surface area contributed by atoms with Gasteiger partial charge in [0.05, 0.1) is 20.0 Å². The lowest BCUT2D eigenvalue weighted by Crippen LogP contribution is -2.41. The maximum atomic E-state index is 16.1. The number of aromatic nitrogens is 4. The van der Waals surface area contributed by atoms with Gasteiger partial charge >= 0.3 is 13.7 Å². The minimum Gasteiger partial charge on any atom is -0.468 e. The third-order valence-corrected chi connectivity index (χ3v) is 8.89. The van der Waals surface area contributed by atoms with Crippen molar-refractivity contribution in [2.24, 2.45) is 0 Å². The van der Waals surface area contributed by atoms with E-state index in [0.29, 0.717) is 17.0 Å². The van der Waals surface area contributed by atoms with Crippen LogP contribution in [0.25, 0.3) is 11.2 Å². The van der Waals surface area contributed by atoms with Gasteiger partial charge in [0, 0.05) is 13.1 Å². The molecule has 3 aromatic rings. The molecule has 2 aliphatic rings. The Hall–Kier alpha value is -3.16. The fraction of sp³-hybridized carbons (Fsp3) is 0.538. The molecule has 0 bridgehead atoms. The number of nitrogens with zero attached hydrogens (tertiary/aromatic N) is 5. The van der Waals surface area contributed by atoms with Crippen molar-refractivity contribution in [3.8, 4) is 5.75 Å². The summed E-state index contributed by atoms with van der Waals surface area (Å²) in [5, 5.41) is 13.5. The number of hydrogen-bond donors (Lipinski definition) is 2. The van der Waals surface area contributed by atoms with E-state index in [1.807, 2.05) is 0 Å². The molecule has 0 spiro atoms. The lowest BCUT2D eigenvalue weighted by Gasteiger charge is -2.28. The lowest BCUT2D eigenvalue weighted by molar-refractivity contribution is -0.142. The Morgan fingerprint density at radius 2 is 1.98 bits per heavy atom. The molecule has 222 valence electrons. The van der Waals surface area contributed by atoms with Gasteiger partial charge < -0.3 is 24.0 Å². The first kappa shape index (κ1) is 29.3. The Kier molecular flexibility index (Phi) is 8.57. The first-order valence-corrected chi connectivity index (χ1v) is 15.0. The second-order valence-corrected chi connectivity index (χ2v) is 12.0. The SMILES string of the molecule is COC(=O)[C@H](C)NP(=O)(OC[C@H]1O[C@@H](n2cnc3c(N4CCCCC4)ncnc32)[C@](C)(F)[C@@H]1O)Oc1ccccc1. The number of methoxy groups -OCH3 is 1. The van der Waals surface area contributed by atoms with Crippen molar-refractivity contribution < 1.29 is 37.4 Å². The fourth-order valence-corrected chi connectivity index (χ4v) is 6.55. The van der Waals surface area contributed by atoms with Gasteiger partial charge in [-0.3, -0.25) is 13.9 Å². The number of aliphatic hydroxyl groups is 1. The predicted molar refractivity (Wildman–Crippen MR) is 146 cm³/mol. The lowest BCUT2D eigenvalue weighted by atomic mass is 9.98. The molecule has 15 heteroatoms. The highest BCUT2D eigenvalue weighted by atomic mass is 31.2. The van der Waals surface area contributed by atoms with Gasteiger partial charge in [0.15, 0.2) is 28.9 Å². The van der Waals surface area contributed by atoms with Gasteiger partial charge in [-0.05, 0) is 45.2 Å². The third kappa shape index (κ3) is 6.07.